The van der Waals surface area contributed by atoms with Crippen molar-refractivity contribution < 1.29 is 14.7 Å². The van der Waals surface area contributed by atoms with Gasteiger partial charge in [0.15, 0.2) is 0 Å². The molecule has 5 heteroatoms. The Bertz CT molecular complexity index is 600. The third-order valence-electron chi connectivity index (χ3n) is 4.54. The number of rotatable bonds is 9. The Labute approximate surface area is 148 Å². The quantitative estimate of drug-likeness (QED) is 0.613. The lowest BCUT2D eigenvalue weighted by Gasteiger charge is -2.27. The van der Waals surface area contributed by atoms with Crippen molar-refractivity contribution in [2.24, 2.45) is 0 Å². The van der Waals surface area contributed by atoms with E-state index in [2.05, 4.69) is 19.9 Å². The van der Waals surface area contributed by atoms with Gasteiger partial charge in [-0.3, -0.25) is 4.79 Å². The van der Waals surface area contributed by atoms with E-state index >= 15 is 0 Å². The predicted octanol–water partition coefficient (Wildman–Crippen LogP) is 5.34. The summed E-state index contributed by atoms with van der Waals surface area (Å²) in [6.07, 6.45) is 11.1. The van der Waals surface area contributed by atoms with E-state index in [-0.39, 0.29) is 10.9 Å². The van der Waals surface area contributed by atoms with Crippen LogP contribution in [0.25, 0.3) is 5.57 Å². The number of carbonyl (C=O) groups is 2. The molecule has 2 rings (SSSR count). The summed E-state index contributed by atoms with van der Waals surface area (Å²) in [5.41, 5.74) is 1.80. The van der Waals surface area contributed by atoms with E-state index in [1.807, 2.05) is 6.07 Å². The SMILES string of the molecule is CCCC(CCC)N(C=O)c1cc(C2=CCCCC2)sc1C(=O)O. The fourth-order valence-electron chi connectivity index (χ4n) is 3.38. The molecule has 1 aromatic heterocycles. The van der Waals surface area contributed by atoms with Crippen molar-refractivity contribution in [2.75, 3.05) is 4.90 Å². The molecule has 1 aliphatic carbocycles. The minimum Gasteiger partial charge on any atom is -0.477 e. The number of nitrogens with zero attached hydrogens (tertiary/aromatic N) is 1. The van der Waals surface area contributed by atoms with E-state index < -0.39 is 5.97 Å². The van der Waals surface area contributed by atoms with E-state index in [0.29, 0.717) is 5.69 Å². The van der Waals surface area contributed by atoms with E-state index in [4.69, 9.17) is 0 Å². The number of carboxylic acids is 1. The highest BCUT2D eigenvalue weighted by Crippen LogP contribution is 2.38. The molecule has 0 fully saturated rings. The number of thiophene rings is 1. The highest BCUT2D eigenvalue weighted by atomic mass is 32.1. The lowest BCUT2D eigenvalue weighted by atomic mass is 9.98. The van der Waals surface area contributed by atoms with Crippen LogP contribution in [0.15, 0.2) is 12.1 Å². The summed E-state index contributed by atoms with van der Waals surface area (Å²) in [6, 6.07) is 1.98. The van der Waals surface area contributed by atoms with Crippen molar-refractivity contribution in [3.05, 3.63) is 21.9 Å². The molecule has 1 aliphatic rings. The monoisotopic (exact) mass is 349 g/mol. The molecule has 1 N–H and O–H groups in total. The molecule has 0 aliphatic heterocycles. The molecule has 0 aromatic carbocycles. The van der Waals surface area contributed by atoms with Gasteiger partial charge in [-0.05, 0) is 50.2 Å². The van der Waals surface area contributed by atoms with E-state index in [1.165, 1.54) is 23.3 Å². The van der Waals surface area contributed by atoms with Gasteiger partial charge in [-0.15, -0.1) is 11.3 Å². The van der Waals surface area contributed by atoms with Gasteiger partial charge in [-0.2, -0.15) is 0 Å². The summed E-state index contributed by atoms with van der Waals surface area (Å²) in [5.74, 6) is -0.948. The highest BCUT2D eigenvalue weighted by molar-refractivity contribution is 7.15. The van der Waals surface area contributed by atoms with Crippen LogP contribution in [0, 0.1) is 0 Å². The Morgan fingerprint density at radius 1 is 1.33 bits per heavy atom. The largest absolute Gasteiger partial charge is 0.477 e. The molecule has 132 valence electrons. The summed E-state index contributed by atoms with van der Waals surface area (Å²) in [6.45, 7) is 4.19. The van der Waals surface area contributed by atoms with Crippen LogP contribution in [0.4, 0.5) is 5.69 Å². The molecular formula is C19H27NO3S. The van der Waals surface area contributed by atoms with Gasteiger partial charge in [-0.1, -0.05) is 32.8 Å². The molecule has 4 nitrogen and oxygen atoms in total. The van der Waals surface area contributed by atoms with Crippen molar-refractivity contribution in [3.8, 4) is 0 Å². The second kappa shape index (κ2) is 9.02. The zero-order valence-corrected chi connectivity index (χ0v) is 15.4. The molecule has 0 atom stereocenters. The minimum atomic E-state index is -0.948. The topological polar surface area (TPSA) is 57.6 Å². The number of anilines is 1. The average Bonchev–Trinajstić information content (AvgIpc) is 3.02. The molecule has 0 saturated heterocycles. The second-order valence-electron chi connectivity index (χ2n) is 6.35. The lowest BCUT2D eigenvalue weighted by Crippen LogP contribution is -2.34. The number of allylic oxidation sites excluding steroid dienone is 2. The molecule has 24 heavy (non-hydrogen) atoms. The fourth-order valence-corrected chi connectivity index (χ4v) is 4.44. The Hall–Kier alpha value is -1.62. The van der Waals surface area contributed by atoms with E-state index in [1.54, 1.807) is 4.90 Å². The molecular weight excluding hydrogens is 322 g/mol. The van der Waals surface area contributed by atoms with Gasteiger partial charge in [0.25, 0.3) is 0 Å². The molecule has 0 radical (unpaired) electrons. The Morgan fingerprint density at radius 3 is 2.54 bits per heavy atom. The first-order valence-electron chi connectivity index (χ1n) is 8.92. The maximum absolute atomic E-state index is 11.8. The van der Waals surface area contributed by atoms with Crippen LogP contribution in [0.3, 0.4) is 0 Å². The Morgan fingerprint density at radius 2 is 2.04 bits per heavy atom. The summed E-state index contributed by atoms with van der Waals surface area (Å²) < 4.78 is 0. The number of carbonyl (C=O) groups excluding carboxylic acids is 1. The molecule has 0 saturated carbocycles. The summed E-state index contributed by atoms with van der Waals surface area (Å²) in [5, 5.41) is 9.61. The van der Waals surface area contributed by atoms with Crippen LogP contribution in [0.5, 0.6) is 0 Å². The normalized spacial score (nSPS) is 14.5. The van der Waals surface area contributed by atoms with Crippen LogP contribution in [-0.4, -0.2) is 23.5 Å². The molecule has 1 aromatic rings. The standard InChI is InChI=1S/C19H27NO3S/c1-3-8-15(9-4-2)20(13-21)16-12-17(24-18(16)19(22)23)14-10-6-5-7-11-14/h10,12-13,15H,3-9,11H2,1-2H3,(H,22,23). The number of aromatic carboxylic acids is 1. The van der Waals surface area contributed by atoms with Crippen LogP contribution in [-0.2, 0) is 4.79 Å². The van der Waals surface area contributed by atoms with Gasteiger partial charge in [0.05, 0.1) is 5.69 Å². The second-order valence-corrected chi connectivity index (χ2v) is 7.40. The summed E-state index contributed by atoms with van der Waals surface area (Å²) >= 11 is 1.30. The first-order valence-corrected chi connectivity index (χ1v) is 9.74. The molecule has 0 bridgehead atoms. The maximum atomic E-state index is 11.8. The first kappa shape index (κ1) is 18.7. The smallest absolute Gasteiger partial charge is 0.348 e. The minimum absolute atomic E-state index is 0.0679. The van der Waals surface area contributed by atoms with Crippen LogP contribution < -0.4 is 4.90 Å². The van der Waals surface area contributed by atoms with Crippen molar-refractivity contribution in [1.82, 2.24) is 0 Å². The number of amides is 1. The van der Waals surface area contributed by atoms with E-state index in [0.717, 1.165) is 56.2 Å². The van der Waals surface area contributed by atoms with Crippen LogP contribution in [0.2, 0.25) is 0 Å². The van der Waals surface area contributed by atoms with E-state index in [9.17, 15) is 14.7 Å². The molecule has 1 heterocycles. The van der Waals surface area contributed by atoms with Gasteiger partial charge in [0, 0.05) is 10.9 Å². The number of hydrogen-bond donors (Lipinski definition) is 1. The molecule has 1 amide bonds. The van der Waals surface area contributed by atoms with Crippen LogP contribution >= 0.6 is 11.3 Å². The average molecular weight is 349 g/mol. The van der Waals surface area contributed by atoms with Gasteiger partial charge < -0.3 is 10.0 Å². The summed E-state index contributed by atoms with van der Waals surface area (Å²) in [4.78, 5) is 26.4. The highest BCUT2D eigenvalue weighted by Gasteiger charge is 2.26. The Balaban J connectivity index is 2.41. The molecule has 0 spiro atoms. The molecule has 0 unspecified atom stereocenters. The summed E-state index contributed by atoms with van der Waals surface area (Å²) in [7, 11) is 0. The zero-order valence-electron chi connectivity index (χ0n) is 14.6. The predicted molar refractivity (Wildman–Crippen MR) is 99.9 cm³/mol. The van der Waals surface area contributed by atoms with Crippen molar-refractivity contribution in [2.45, 2.75) is 71.3 Å². The fraction of sp³-hybridized carbons (Fsp3) is 0.579. The lowest BCUT2D eigenvalue weighted by molar-refractivity contribution is -0.107. The van der Waals surface area contributed by atoms with Gasteiger partial charge in [-0.25, -0.2) is 4.79 Å². The van der Waals surface area contributed by atoms with Gasteiger partial charge in [0.1, 0.15) is 4.88 Å². The van der Waals surface area contributed by atoms with Crippen LogP contribution in [0.1, 0.15) is 79.8 Å². The van der Waals surface area contributed by atoms with Gasteiger partial charge >= 0.3 is 5.97 Å². The van der Waals surface area contributed by atoms with Gasteiger partial charge in [0.2, 0.25) is 6.41 Å². The number of carboxylic acid groups (broad SMARTS) is 1. The van der Waals surface area contributed by atoms with Crippen molar-refractivity contribution in [3.63, 3.8) is 0 Å². The number of hydrogen-bond acceptors (Lipinski definition) is 3. The third-order valence-corrected chi connectivity index (χ3v) is 5.73. The first-order chi connectivity index (χ1) is 11.6. The maximum Gasteiger partial charge on any atom is 0.348 e. The van der Waals surface area contributed by atoms with Crippen molar-refractivity contribution >= 4 is 35.0 Å². The third kappa shape index (κ3) is 4.26. The zero-order chi connectivity index (χ0) is 17.5. The van der Waals surface area contributed by atoms with Crippen molar-refractivity contribution in [1.29, 1.82) is 0 Å². The Kier molecular flexibility index (Phi) is 7.03.